The van der Waals surface area contributed by atoms with Gasteiger partial charge in [-0.05, 0) is 42.0 Å². The number of hydrogen-bond acceptors (Lipinski definition) is 2. The van der Waals surface area contributed by atoms with E-state index in [1.165, 1.54) is 0 Å². The van der Waals surface area contributed by atoms with Crippen LogP contribution in [0.3, 0.4) is 0 Å². The number of fused-ring (bicyclic) bond motifs is 3. The first kappa shape index (κ1) is 18.3. The minimum atomic E-state index is -0.142. The van der Waals surface area contributed by atoms with Gasteiger partial charge in [-0.1, -0.05) is 35.9 Å². The van der Waals surface area contributed by atoms with Gasteiger partial charge in [0.15, 0.2) is 0 Å². The van der Waals surface area contributed by atoms with E-state index in [1.54, 1.807) is 17.0 Å². The zero-order valence-corrected chi connectivity index (χ0v) is 16.0. The molecule has 5 nitrogen and oxygen atoms in total. The number of benzene rings is 2. The summed E-state index contributed by atoms with van der Waals surface area (Å²) >= 11 is 5.86. The van der Waals surface area contributed by atoms with Crippen molar-refractivity contribution < 1.29 is 9.59 Å². The first-order valence-electron chi connectivity index (χ1n) is 9.19. The Bertz CT molecular complexity index is 1010. The number of nitrogens with one attached hydrogen (secondary N) is 1. The standard InChI is InChI=1S/C22H20ClN3O2/c23-17-9-7-16(8-10-17)14-24-21(27)11-12-22(28)26-15-18-4-3-13-25(18)19-5-1-2-6-20(19)26/h1-10,13H,11-12,14-15H2,(H,24,27). The highest BCUT2D eigenvalue weighted by Crippen LogP contribution is 2.32. The number of nitrogens with zero attached hydrogens (tertiary/aromatic N) is 2. The zero-order chi connectivity index (χ0) is 19.5. The van der Waals surface area contributed by atoms with E-state index in [0.717, 1.165) is 22.6 Å². The maximum atomic E-state index is 12.8. The third-order valence-electron chi connectivity index (χ3n) is 4.86. The van der Waals surface area contributed by atoms with Crippen LogP contribution in [0.2, 0.25) is 5.02 Å². The molecular formula is C22H20ClN3O2. The molecule has 1 aliphatic rings. The summed E-state index contributed by atoms with van der Waals surface area (Å²) in [6.45, 7) is 0.930. The molecule has 0 unspecified atom stereocenters. The lowest BCUT2D eigenvalue weighted by Crippen LogP contribution is -2.35. The van der Waals surface area contributed by atoms with E-state index >= 15 is 0 Å². The van der Waals surface area contributed by atoms with E-state index in [-0.39, 0.29) is 24.7 Å². The van der Waals surface area contributed by atoms with Gasteiger partial charge in [-0.25, -0.2) is 0 Å². The summed E-state index contributed by atoms with van der Waals surface area (Å²) in [5, 5.41) is 3.51. The molecule has 2 heterocycles. The number of halogens is 1. The largest absolute Gasteiger partial charge is 0.352 e. The van der Waals surface area contributed by atoms with Gasteiger partial charge in [0.1, 0.15) is 0 Å². The molecule has 0 aliphatic carbocycles. The summed E-state index contributed by atoms with van der Waals surface area (Å²) in [7, 11) is 0. The number of amides is 2. The smallest absolute Gasteiger partial charge is 0.227 e. The first-order valence-corrected chi connectivity index (χ1v) is 9.57. The Labute approximate surface area is 168 Å². The van der Waals surface area contributed by atoms with E-state index in [9.17, 15) is 9.59 Å². The topological polar surface area (TPSA) is 54.3 Å². The van der Waals surface area contributed by atoms with Crippen molar-refractivity contribution in [3.63, 3.8) is 0 Å². The second-order valence-corrected chi connectivity index (χ2v) is 7.18. The van der Waals surface area contributed by atoms with Crippen molar-refractivity contribution in [1.29, 1.82) is 0 Å². The Kier molecular flexibility index (Phi) is 5.17. The van der Waals surface area contributed by atoms with Crippen LogP contribution in [0.5, 0.6) is 0 Å². The fourth-order valence-corrected chi connectivity index (χ4v) is 3.52. The number of hydrogen-bond donors (Lipinski definition) is 1. The number of para-hydroxylation sites is 2. The fourth-order valence-electron chi connectivity index (χ4n) is 3.39. The summed E-state index contributed by atoms with van der Waals surface area (Å²) in [6, 6.07) is 19.1. The van der Waals surface area contributed by atoms with Crippen molar-refractivity contribution in [3.05, 3.63) is 83.1 Å². The molecule has 142 valence electrons. The molecule has 2 aromatic carbocycles. The van der Waals surface area contributed by atoms with E-state index < -0.39 is 0 Å². The summed E-state index contributed by atoms with van der Waals surface area (Å²) in [4.78, 5) is 26.8. The van der Waals surface area contributed by atoms with Crippen molar-refractivity contribution in [2.75, 3.05) is 4.90 Å². The number of aromatic nitrogens is 1. The SMILES string of the molecule is O=C(CCC(=O)N1Cc2cccn2-c2ccccc21)NCc1ccc(Cl)cc1. The molecule has 0 radical (unpaired) electrons. The highest BCUT2D eigenvalue weighted by Gasteiger charge is 2.25. The Morgan fingerprint density at radius 1 is 0.929 bits per heavy atom. The molecule has 0 saturated heterocycles. The highest BCUT2D eigenvalue weighted by atomic mass is 35.5. The molecule has 0 saturated carbocycles. The van der Waals surface area contributed by atoms with Gasteiger partial charge in [0.25, 0.3) is 0 Å². The van der Waals surface area contributed by atoms with Gasteiger partial charge in [-0.2, -0.15) is 0 Å². The lowest BCUT2D eigenvalue weighted by molar-refractivity contribution is -0.125. The lowest BCUT2D eigenvalue weighted by Gasteiger charge is -2.31. The van der Waals surface area contributed by atoms with Gasteiger partial charge in [0, 0.05) is 36.3 Å². The van der Waals surface area contributed by atoms with E-state index in [0.29, 0.717) is 18.1 Å². The van der Waals surface area contributed by atoms with Crippen LogP contribution in [-0.2, 0) is 22.7 Å². The predicted octanol–water partition coefficient (Wildman–Crippen LogP) is 4.07. The van der Waals surface area contributed by atoms with Gasteiger partial charge in [-0.3, -0.25) is 9.59 Å². The summed E-state index contributed by atoms with van der Waals surface area (Å²) in [6.07, 6.45) is 2.33. The van der Waals surface area contributed by atoms with E-state index in [2.05, 4.69) is 9.88 Å². The van der Waals surface area contributed by atoms with Crippen molar-refractivity contribution in [2.24, 2.45) is 0 Å². The summed E-state index contributed by atoms with van der Waals surface area (Å²) in [5.74, 6) is -0.196. The second-order valence-electron chi connectivity index (χ2n) is 6.74. The average molecular weight is 394 g/mol. The average Bonchev–Trinajstić information content (AvgIpc) is 3.20. The van der Waals surface area contributed by atoms with E-state index in [4.69, 9.17) is 11.6 Å². The Balaban J connectivity index is 1.36. The molecular weight excluding hydrogens is 374 g/mol. The molecule has 0 spiro atoms. The molecule has 6 heteroatoms. The van der Waals surface area contributed by atoms with Gasteiger partial charge in [-0.15, -0.1) is 0 Å². The molecule has 0 fully saturated rings. The van der Waals surface area contributed by atoms with Crippen LogP contribution in [-0.4, -0.2) is 16.4 Å². The lowest BCUT2D eigenvalue weighted by atomic mass is 10.1. The second kappa shape index (κ2) is 7.90. The van der Waals surface area contributed by atoms with Gasteiger partial charge in [0.2, 0.25) is 11.8 Å². The normalized spacial score (nSPS) is 12.2. The summed E-state index contributed by atoms with van der Waals surface area (Å²) in [5.41, 5.74) is 3.88. The zero-order valence-electron chi connectivity index (χ0n) is 15.3. The highest BCUT2D eigenvalue weighted by molar-refractivity contribution is 6.30. The maximum Gasteiger partial charge on any atom is 0.227 e. The minimum absolute atomic E-state index is 0.0541. The number of rotatable bonds is 5. The number of anilines is 1. The third-order valence-corrected chi connectivity index (χ3v) is 5.11. The third kappa shape index (κ3) is 3.80. The Hall–Kier alpha value is -3.05. The van der Waals surface area contributed by atoms with Gasteiger partial charge < -0.3 is 14.8 Å². The molecule has 2 amide bonds. The van der Waals surface area contributed by atoms with Crippen molar-refractivity contribution in [3.8, 4) is 5.69 Å². The summed E-state index contributed by atoms with van der Waals surface area (Å²) < 4.78 is 2.10. The van der Waals surface area contributed by atoms with Crippen molar-refractivity contribution >= 4 is 29.1 Å². The maximum absolute atomic E-state index is 12.8. The van der Waals surface area contributed by atoms with Crippen molar-refractivity contribution in [2.45, 2.75) is 25.9 Å². The van der Waals surface area contributed by atoms with Crippen LogP contribution in [0.4, 0.5) is 5.69 Å². The molecule has 28 heavy (non-hydrogen) atoms. The molecule has 1 aromatic heterocycles. The first-order chi connectivity index (χ1) is 13.6. The molecule has 3 aromatic rings. The quantitative estimate of drug-likeness (QED) is 0.710. The molecule has 1 N–H and O–H groups in total. The van der Waals surface area contributed by atoms with Crippen LogP contribution in [0.25, 0.3) is 5.69 Å². The van der Waals surface area contributed by atoms with Crippen LogP contribution in [0.15, 0.2) is 66.9 Å². The number of carbonyl (C=O) groups excluding carboxylic acids is 2. The molecule has 0 atom stereocenters. The fraction of sp³-hybridized carbons (Fsp3) is 0.182. The van der Waals surface area contributed by atoms with Gasteiger partial charge in [0.05, 0.1) is 17.9 Å². The Morgan fingerprint density at radius 2 is 1.68 bits per heavy atom. The van der Waals surface area contributed by atoms with Crippen LogP contribution < -0.4 is 10.2 Å². The minimum Gasteiger partial charge on any atom is -0.352 e. The van der Waals surface area contributed by atoms with E-state index in [1.807, 2.05) is 54.7 Å². The Morgan fingerprint density at radius 3 is 2.46 bits per heavy atom. The van der Waals surface area contributed by atoms with Crippen molar-refractivity contribution in [1.82, 2.24) is 9.88 Å². The van der Waals surface area contributed by atoms with Crippen LogP contribution >= 0.6 is 11.6 Å². The predicted molar refractivity (Wildman–Crippen MR) is 109 cm³/mol. The van der Waals surface area contributed by atoms with Crippen LogP contribution in [0.1, 0.15) is 24.1 Å². The van der Waals surface area contributed by atoms with Gasteiger partial charge >= 0.3 is 0 Å². The van der Waals surface area contributed by atoms with Crippen LogP contribution in [0, 0.1) is 0 Å². The number of carbonyl (C=O) groups is 2. The molecule has 4 rings (SSSR count). The molecule has 1 aliphatic heterocycles. The molecule has 0 bridgehead atoms. The monoisotopic (exact) mass is 393 g/mol.